The zero-order chi connectivity index (χ0) is 18.8. The highest BCUT2D eigenvalue weighted by atomic mass is 19.1. The van der Waals surface area contributed by atoms with E-state index in [-0.39, 0.29) is 24.2 Å². The van der Waals surface area contributed by atoms with Crippen LogP contribution in [0.3, 0.4) is 0 Å². The van der Waals surface area contributed by atoms with Gasteiger partial charge in [-0.05, 0) is 18.1 Å². The zero-order valence-corrected chi connectivity index (χ0v) is 13.6. The van der Waals surface area contributed by atoms with Crippen LogP contribution in [0.25, 0.3) is 0 Å². The standard InChI is InChI=1S/C18H16F3N3O2/c19-10-7-13(20)16(14(21)8-10)11-4-5-26-15-3-1-2-9(6-12(11)15)17(25)24-18(22)23/h1-2,6-8,11H,3-5H2,(H4,22,23,24,25). The van der Waals surface area contributed by atoms with Gasteiger partial charge in [0.1, 0.15) is 23.2 Å². The minimum Gasteiger partial charge on any atom is -0.497 e. The zero-order valence-electron chi connectivity index (χ0n) is 13.6. The molecule has 1 heterocycles. The summed E-state index contributed by atoms with van der Waals surface area (Å²) < 4.78 is 47.4. The number of hydrogen-bond acceptors (Lipinski definition) is 2. The molecule has 1 aliphatic heterocycles. The molecule has 0 fully saturated rings. The average Bonchev–Trinajstić information content (AvgIpc) is 2.76. The fourth-order valence-corrected chi connectivity index (χ4v) is 3.10. The molecule has 8 heteroatoms. The summed E-state index contributed by atoms with van der Waals surface area (Å²) in [4.78, 5) is 15.6. The molecule has 1 aromatic rings. The topological polar surface area (TPSA) is 90.7 Å². The van der Waals surface area contributed by atoms with Gasteiger partial charge in [-0.3, -0.25) is 4.79 Å². The van der Waals surface area contributed by atoms with E-state index in [4.69, 9.17) is 16.2 Å². The third-order valence-corrected chi connectivity index (χ3v) is 4.16. The quantitative estimate of drug-likeness (QED) is 0.624. The van der Waals surface area contributed by atoms with Crippen LogP contribution < -0.4 is 11.5 Å². The van der Waals surface area contributed by atoms with Crippen molar-refractivity contribution in [3.05, 3.63) is 70.3 Å². The van der Waals surface area contributed by atoms with E-state index < -0.39 is 35.2 Å². The van der Waals surface area contributed by atoms with E-state index >= 15 is 0 Å². The summed E-state index contributed by atoms with van der Waals surface area (Å²) in [7, 11) is 0. The Morgan fingerprint density at radius 1 is 1.19 bits per heavy atom. The summed E-state index contributed by atoms with van der Waals surface area (Å²) in [5.41, 5.74) is 10.8. The number of allylic oxidation sites excluding steroid dienone is 3. The number of halogens is 3. The van der Waals surface area contributed by atoms with Crippen molar-refractivity contribution in [2.75, 3.05) is 6.61 Å². The number of carbonyl (C=O) groups excluding carboxylic acids is 1. The van der Waals surface area contributed by atoms with Crippen molar-refractivity contribution in [2.45, 2.75) is 18.8 Å². The highest BCUT2D eigenvalue weighted by Gasteiger charge is 2.30. The first kappa shape index (κ1) is 17.8. The van der Waals surface area contributed by atoms with E-state index in [1.165, 1.54) is 12.2 Å². The summed E-state index contributed by atoms with van der Waals surface area (Å²) in [6, 6.07) is 1.27. The molecule has 0 radical (unpaired) electrons. The van der Waals surface area contributed by atoms with E-state index in [2.05, 4.69) is 4.99 Å². The van der Waals surface area contributed by atoms with E-state index in [9.17, 15) is 18.0 Å². The van der Waals surface area contributed by atoms with Gasteiger partial charge in [0.2, 0.25) is 0 Å². The maximum atomic E-state index is 14.3. The molecular formula is C18H16F3N3O2. The van der Waals surface area contributed by atoms with Crippen LogP contribution in [-0.4, -0.2) is 18.5 Å². The number of amides is 1. The summed E-state index contributed by atoms with van der Waals surface area (Å²) in [5.74, 6) is -4.26. The normalized spacial score (nSPS) is 19.2. The Bertz CT molecular complexity index is 861. The lowest BCUT2D eigenvalue weighted by atomic mass is 9.84. The van der Waals surface area contributed by atoms with E-state index in [1.54, 1.807) is 6.08 Å². The fourth-order valence-electron chi connectivity index (χ4n) is 3.10. The third-order valence-electron chi connectivity index (χ3n) is 4.16. The van der Waals surface area contributed by atoms with Gasteiger partial charge in [-0.2, -0.15) is 4.99 Å². The predicted octanol–water partition coefficient (Wildman–Crippen LogP) is 2.55. The Hall–Kier alpha value is -3.03. The maximum absolute atomic E-state index is 14.3. The fraction of sp³-hybridized carbons (Fsp3) is 0.222. The second-order valence-corrected chi connectivity index (χ2v) is 5.90. The van der Waals surface area contributed by atoms with Crippen molar-refractivity contribution in [1.29, 1.82) is 0 Å². The summed E-state index contributed by atoms with van der Waals surface area (Å²) in [6.07, 6.45) is 5.27. The van der Waals surface area contributed by atoms with E-state index in [0.29, 0.717) is 29.9 Å². The van der Waals surface area contributed by atoms with Crippen LogP contribution in [0.2, 0.25) is 0 Å². The number of benzene rings is 1. The van der Waals surface area contributed by atoms with Gasteiger partial charge in [0, 0.05) is 35.6 Å². The first-order valence-electron chi connectivity index (χ1n) is 7.89. The van der Waals surface area contributed by atoms with Crippen molar-refractivity contribution < 1.29 is 22.7 Å². The summed E-state index contributed by atoms with van der Waals surface area (Å²) in [6.45, 7) is 0.249. The first-order chi connectivity index (χ1) is 12.4. The third kappa shape index (κ3) is 3.49. The van der Waals surface area contributed by atoms with Crippen LogP contribution in [0, 0.1) is 17.5 Å². The molecule has 26 heavy (non-hydrogen) atoms. The SMILES string of the molecule is NC(N)=NC(=O)C1=CC2=C(CC=C1)OCCC2c1c(F)cc(F)cc1F. The lowest BCUT2D eigenvalue weighted by Crippen LogP contribution is -2.24. The first-order valence-corrected chi connectivity index (χ1v) is 7.89. The van der Waals surface area contributed by atoms with E-state index in [1.807, 2.05) is 0 Å². The second-order valence-electron chi connectivity index (χ2n) is 5.90. The molecular weight excluding hydrogens is 347 g/mol. The molecule has 1 unspecified atom stereocenters. The molecule has 4 N–H and O–H groups in total. The van der Waals surface area contributed by atoms with Crippen LogP contribution in [0.15, 0.2) is 52.3 Å². The molecule has 0 spiro atoms. The van der Waals surface area contributed by atoms with Crippen LogP contribution in [0.4, 0.5) is 13.2 Å². The van der Waals surface area contributed by atoms with Crippen LogP contribution in [0.1, 0.15) is 24.3 Å². The molecule has 0 saturated heterocycles. The predicted molar refractivity (Wildman–Crippen MR) is 89.3 cm³/mol. The van der Waals surface area contributed by atoms with Crippen LogP contribution >= 0.6 is 0 Å². The highest BCUT2D eigenvalue weighted by Crippen LogP contribution is 2.40. The number of nitrogens with two attached hydrogens (primary N) is 2. The number of guanidine groups is 1. The monoisotopic (exact) mass is 363 g/mol. The number of hydrogen-bond donors (Lipinski definition) is 2. The molecule has 5 nitrogen and oxygen atoms in total. The molecule has 0 saturated carbocycles. The summed E-state index contributed by atoms with van der Waals surface area (Å²) >= 11 is 0. The summed E-state index contributed by atoms with van der Waals surface area (Å²) in [5, 5.41) is 0. The number of rotatable bonds is 2. The highest BCUT2D eigenvalue weighted by molar-refractivity contribution is 6.03. The lowest BCUT2D eigenvalue weighted by Gasteiger charge is -2.28. The average molecular weight is 363 g/mol. The molecule has 2 aliphatic rings. The number of aliphatic imine (C=N–C) groups is 1. The molecule has 1 amide bonds. The van der Waals surface area contributed by atoms with Crippen molar-refractivity contribution in [3.8, 4) is 0 Å². The van der Waals surface area contributed by atoms with Gasteiger partial charge in [0.15, 0.2) is 5.96 Å². The Balaban J connectivity index is 2.10. The second kappa shape index (κ2) is 7.07. The van der Waals surface area contributed by atoms with Gasteiger partial charge in [0.25, 0.3) is 5.91 Å². The molecule has 0 bridgehead atoms. The number of nitrogens with zero attached hydrogens (tertiary/aromatic N) is 1. The number of carbonyl (C=O) groups is 1. The molecule has 1 aliphatic carbocycles. The maximum Gasteiger partial charge on any atom is 0.280 e. The molecule has 136 valence electrons. The van der Waals surface area contributed by atoms with Crippen molar-refractivity contribution in [2.24, 2.45) is 16.5 Å². The van der Waals surface area contributed by atoms with Crippen LogP contribution in [0.5, 0.6) is 0 Å². The van der Waals surface area contributed by atoms with Gasteiger partial charge >= 0.3 is 0 Å². The van der Waals surface area contributed by atoms with Gasteiger partial charge in [-0.15, -0.1) is 0 Å². The van der Waals surface area contributed by atoms with Crippen molar-refractivity contribution in [3.63, 3.8) is 0 Å². The number of ether oxygens (including phenoxy) is 1. The van der Waals surface area contributed by atoms with Gasteiger partial charge < -0.3 is 16.2 Å². The Labute approximate surface area is 147 Å². The van der Waals surface area contributed by atoms with Gasteiger partial charge in [-0.25, -0.2) is 13.2 Å². The smallest absolute Gasteiger partial charge is 0.280 e. The van der Waals surface area contributed by atoms with Crippen LogP contribution in [-0.2, 0) is 9.53 Å². The molecule has 3 rings (SSSR count). The Kier molecular flexibility index (Phi) is 4.83. The lowest BCUT2D eigenvalue weighted by molar-refractivity contribution is -0.114. The molecule has 0 aromatic heterocycles. The Morgan fingerprint density at radius 3 is 2.54 bits per heavy atom. The van der Waals surface area contributed by atoms with E-state index in [0.717, 1.165) is 0 Å². The molecule has 1 atom stereocenters. The largest absolute Gasteiger partial charge is 0.497 e. The van der Waals surface area contributed by atoms with Crippen molar-refractivity contribution >= 4 is 11.9 Å². The van der Waals surface area contributed by atoms with Crippen molar-refractivity contribution in [1.82, 2.24) is 0 Å². The van der Waals surface area contributed by atoms with Gasteiger partial charge in [-0.1, -0.05) is 12.2 Å². The van der Waals surface area contributed by atoms with Gasteiger partial charge in [0.05, 0.1) is 6.61 Å². The Morgan fingerprint density at radius 2 is 1.88 bits per heavy atom. The minimum absolute atomic E-state index is 0.154. The minimum atomic E-state index is -0.994. The molecule has 1 aromatic carbocycles.